The summed E-state index contributed by atoms with van der Waals surface area (Å²) in [6.07, 6.45) is 6.05. The Morgan fingerprint density at radius 1 is 1.12 bits per heavy atom. The Bertz CT molecular complexity index is 644. The third-order valence-corrected chi connectivity index (χ3v) is 5.02. The molecule has 0 spiro atoms. The summed E-state index contributed by atoms with van der Waals surface area (Å²) in [6.45, 7) is 3.42. The standard InChI is InChI=1S/C20H24N2O2/c1-2-11-21-17(4-1)15-24-18-9-7-16(8-10-18)14-22-12-13-23-20-6-3-5-19(20)22/h1-2,4,7-11,19-20H,3,5-6,12-15H2/t19-,20+/m1/s1. The van der Waals surface area contributed by atoms with Crippen LogP contribution in [0.3, 0.4) is 0 Å². The second-order valence-corrected chi connectivity index (χ2v) is 6.63. The number of nitrogens with zero attached hydrogens (tertiary/aromatic N) is 2. The summed E-state index contributed by atoms with van der Waals surface area (Å²) in [5.74, 6) is 0.894. The summed E-state index contributed by atoms with van der Waals surface area (Å²) in [4.78, 5) is 6.86. The molecular weight excluding hydrogens is 300 g/mol. The lowest BCUT2D eigenvalue weighted by atomic mass is 10.1. The molecule has 0 N–H and O–H groups in total. The second kappa shape index (κ2) is 7.32. The molecule has 4 nitrogen and oxygen atoms in total. The molecule has 2 aliphatic rings. The van der Waals surface area contributed by atoms with Crippen LogP contribution in [0.15, 0.2) is 48.7 Å². The molecular formula is C20H24N2O2. The molecule has 0 unspecified atom stereocenters. The van der Waals surface area contributed by atoms with Gasteiger partial charge in [0.05, 0.1) is 18.4 Å². The zero-order valence-corrected chi connectivity index (χ0v) is 13.9. The highest BCUT2D eigenvalue weighted by atomic mass is 16.5. The molecule has 0 amide bonds. The molecule has 1 aliphatic heterocycles. The van der Waals surface area contributed by atoms with Gasteiger partial charge in [-0.15, -0.1) is 0 Å². The molecule has 1 saturated heterocycles. The predicted molar refractivity (Wildman–Crippen MR) is 92.8 cm³/mol. The van der Waals surface area contributed by atoms with Crippen LogP contribution in [-0.4, -0.2) is 35.2 Å². The molecule has 1 saturated carbocycles. The number of benzene rings is 1. The van der Waals surface area contributed by atoms with E-state index in [1.807, 2.05) is 18.2 Å². The molecule has 1 aliphatic carbocycles. The van der Waals surface area contributed by atoms with Gasteiger partial charge in [-0.25, -0.2) is 0 Å². The van der Waals surface area contributed by atoms with Crippen molar-refractivity contribution >= 4 is 0 Å². The second-order valence-electron chi connectivity index (χ2n) is 6.63. The minimum absolute atomic E-state index is 0.458. The maximum atomic E-state index is 5.90. The van der Waals surface area contributed by atoms with Gasteiger partial charge < -0.3 is 9.47 Å². The van der Waals surface area contributed by atoms with E-state index in [-0.39, 0.29) is 0 Å². The van der Waals surface area contributed by atoms with Crippen molar-refractivity contribution < 1.29 is 9.47 Å². The molecule has 4 rings (SSSR count). The van der Waals surface area contributed by atoms with Crippen LogP contribution in [0.25, 0.3) is 0 Å². The molecule has 1 aromatic carbocycles. The summed E-state index contributed by atoms with van der Waals surface area (Å²) in [6, 6.07) is 15.0. The third-order valence-electron chi connectivity index (χ3n) is 5.02. The number of hydrogen-bond donors (Lipinski definition) is 0. The normalized spacial score (nSPS) is 23.8. The maximum absolute atomic E-state index is 5.90. The lowest BCUT2D eigenvalue weighted by Gasteiger charge is -2.37. The van der Waals surface area contributed by atoms with Crippen molar-refractivity contribution in [1.82, 2.24) is 9.88 Å². The van der Waals surface area contributed by atoms with Crippen molar-refractivity contribution in [2.75, 3.05) is 13.2 Å². The first-order valence-corrected chi connectivity index (χ1v) is 8.86. The quantitative estimate of drug-likeness (QED) is 0.844. The van der Waals surface area contributed by atoms with Crippen LogP contribution in [-0.2, 0) is 17.9 Å². The van der Waals surface area contributed by atoms with Crippen molar-refractivity contribution in [3.8, 4) is 5.75 Å². The number of rotatable bonds is 5. The van der Waals surface area contributed by atoms with Crippen LogP contribution in [0.2, 0.25) is 0 Å². The number of aromatic nitrogens is 1. The summed E-state index contributed by atoms with van der Waals surface area (Å²) >= 11 is 0. The van der Waals surface area contributed by atoms with Crippen LogP contribution in [0.1, 0.15) is 30.5 Å². The Balaban J connectivity index is 1.34. The smallest absolute Gasteiger partial charge is 0.130 e. The van der Waals surface area contributed by atoms with E-state index in [1.165, 1.54) is 24.8 Å². The fourth-order valence-corrected chi connectivity index (χ4v) is 3.77. The van der Waals surface area contributed by atoms with Crippen molar-refractivity contribution in [3.63, 3.8) is 0 Å². The van der Waals surface area contributed by atoms with Crippen molar-refractivity contribution in [2.24, 2.45) is 0 Å². The van der Waals surface area contributed by atoms with Gasteiger partial charge in [0.2, 0.25) is 0 Å². The van der Waals surface area contributed by atoms with Gasteiger partial charge in [-0.2, -0.15) is 0 Å². The zero-order chi connectivity index (χ0) is 16.2. The van der Waals surface area contributed by atoms with E-state index >= 15 is 0 Å². The molecule has 1 aromatic heterocycles. The van der Waals surface area contributed by atoms with Crippen LogP contribution in [0.4, 0.5) is 0 Å². The molecule has 0 bridgehead atoms. The largest absolute Gasteiger partial charge is 0.487 e. The first kappa shape index (κ1) is 15.6. The van der Waals surface area contributed by atoms with E-state index in [4.69, 9.17) is 9.47 Å². The summed E-state index contributed by atoms with van der Waals surface area (Å²) in [5, 5.41) is 0. The third kappa shape index (κ3) is 3.60. The van der Waals surface area contributed by atoms with Gasteiger partial charge in [-0.3, -0.25) is 9.88 Å². The zero-order valence-electron chi connectivity index (χ0n) is 13.9. The SMILES string of the molecule is c1ccc(COc2ccc(CN3CCO[C@H]4CCC[C@H]43)cc2)nc1. The van der Waals surface area contributed by atoms with Gasteiger partial charge in [0.15, 0.2) is 0 Å². The summed E-state index contributed by atoms with van der Waals surface area (Å²) in [5.41, 5.74) is 2.29. The molecule has 2 heterocycles. The van der Waals surface area contributed by atoms with Crippen molar-refractivity contribution in [3.05, 3.63) is 59.9 Å². The number of hydrogen-bond acceptors (Lipinski definition) is 4. The topological polar surface area (TPSA) is 34.6 Å². The summed E-state index contributed by atoms with van der Waals surface area (Å²) in [7, 11) is 0. The molecule has 0 radical (unpaired) electrons. The van der Waals surface area contributed by atoms with Crippen molar-refractivity contribution in [1.29, 1.82) is 0 Å². The Hall–Kier alpha value is -1.91. The lowest BCUT2D eigenvalue weighted by Crippen LogP contribution is -2.47. The van der Waals surface area contributed by atoms with Gasteiger partial charge in [0.25, 0.3) is 0 Å². The molecule has 2 atom stereocenters. The van der Waals surface area contributed by atoms with E-state index in [0.29, 0.717) is 18.8 Å². The summed E-state index contributed by atoms with van der Waals surface area (Å²) < 4.78 is 11.7. The van der Waals surface area contributed by atoms with Gasteiger partial charge in [-0.1, -0.05) is 18.2 Å². The van der Waals surface area contributed by atoms with E-state index in [0.717, 1.165) is 31.1 Å². The number of pyridine rings is 1. The highest BCUT2D eigenvalue weighted by Crippen LogP contribution is 2.30. The van der Waals surface area contributed by atoms with Crippen LogP contribution < -0.4 is 4.74 Å². The fourth-order valence-electron chi connectivity index (χ4n) is 3.77. The Morgan fingerprint density at radius 2 is 2.04 bits per heavy atom. The maximum Gasteiger partial charge on any atom is 0.130 e. The van der Waals surface area contributed by atoms with E-state index in [2.05, 4.69) is 34.1 Å². The van der Waals surface area contributed by atoms with Gasteiger partial charge in [0.1, 0.15) is 12.4 Å². The minimum Gasteiger partial charge on any atom is -0.487 e. The van der Waals surface area contributed by atoms with Crippen molar-refractivity contribution in [2.45, 2.75) is 44.6 Å². The fraction of sp³-hybridized carbons (Fsp3) is 0.450. The molecule has 126 valence electrons. The molecule has 4 heteroatoms. The number of ether oxygens (including phenoxy) is 2. The minimum atomic E-state index is 0.458. The van der Waals surface area contributed by atoms with Crippen LogP contribution >= 0.6 is 0 Å². The number of fused-ring (bicyclic) bond motifs is 1. The predicted octanol–water partition coefficient (Wildman–Crippen LogP) is 3.41. The Kier molecular flexibility index (Phi) is 4.76. The van der Waals surface area contributed by atoms with Crippen LogP contribution in [0, 0.1) is 0 Å². The van der Waals surface area contributed by atoms with Gasteiger partial charge in [0, 0.05) is 25.3 Å². The molecule has 24 heavy (non-hydrogen) atoms. The highest BCUT2D eigenvalue weighted by Gasteiger charge is 2.35. The first-order chi connectivity index (χ1) is 11.9. The Labute approximate surface area is 143 Å². The van der Waals surface area contributed by atoms with Gasteiger partial charge in [-0.05, 0) is 49.1 Å². The average Bonchev–Trinajstić information content (AvgIpc) is 3.12. The molecule has 2 aromatic rings. The molecule has 2 fully saturated rings. The Morgan fingerprint density at radius 3 is 2.88 bits per heavy atom. The monoisotopic (exact) mass is 324 g/mol. The number of morpholine rings is 1. The van der Waals surface area contributed by atoms with Crippen LogP contribution in [0.5, 0.6) is 5.75 Å². The highest BCUT2D eigenvalue weighted by molar-refractivity contribution is 5.27. The lowest BCUT2D eigenvalue weighted by molar-refractivity contribution is -0.0588. The first-order valence-electron chi connectivity index (χ1n) is 8.86. The van der Waals surface area contributed by atoms with E-state index < -0.39 is 0 Å². The average molecular weight is 324 g/mol. The van der Waals surface area contributed by atoms with Gasteiger partial charge >= 0.3 is 0 Å². The van der Waals surface area contributed by atoms with E-state index in [1.54, 1.807) is 6.20 Å². The van der Waals surface area contributed by atoms with E-state index in [9.17, 15) is 0 Å².